The predicted molar refractivity (Wildman–Crippen MR) is 79.1 cm³/mol. The molecule has 1 aliphatic heterocycles. The Hall–Kier alpha value is -2.03. The van der Waals surface area contributed by atoms with Crippen molar-refractivity contribution >= 4 is 23.4 Å². The van der Waals surface area contributed by atoms with Gasteiger partial charge in [-0.25, -0.2) is 9.67 Å². The van der Waals surface area contributed by atoms with Crippen LogP contribution in [0.5, 0.6) is 0 Å². The minimum absolute atomic E-state index is 0.0916. The summed E-state index contributed by atoms with van der Waals surface area (Å²) >= 11 is 1.22. The fourth-order valence-corrected chi connectivity index (χ4v) is 3.48. The Bertz CT molecular complexity index is 731. The van der Waals surface area contributed by atoms with E-state index in [1.807, 2.05) is 0 Å². The van der Waals surface area contributed by atoms with Crippen molar-refractivity contribution in [2.24, 2.45) is 7.05 Å². The van der Waals surface area contributed by atoms with Crippen molar-refractivity contribution in [1.82, 2.24) is 14.8 Å². The summed E-state index contributed by atoms with van der Waals surface area (Å²) in [4.78, 5) is 17.7. The molecule has 0 bridgehead atoms. The van der Waals surface area contributed by atoms with Crippen LogP contribution < -0.4 is 4.90 Å². The molecule has 23 heavy (non-hydrogen) atoms. The highest BCUT2D eigenvalue weighted by atomic mass is 32.2. The molecule has 5 nitrogen and oxygen atoms in total. The van der Waals surface area contributed by atoms with E-state index in [0.717, 1.165) is 6.07 Å². The molecule has 1 aromatic carbocycles. The van der Waals surface area contributed by atoms with Crippen LogP contribution in [0, 0.1) is 0 Å². The van der Waals surface area contributed by atoms with Gasteiger partial charge in [0, 0.05) is 13.6 Å². The number of alkyl halides is 3. The molecule has 0 radical (unpaired) electrons. The Morgan fingerprint density at radius 1 is 1.30 bits per heavy atom. The molecule has 0 saturated carbocycles. The van der Waals surface area contributed by atoms with E-state index in [1.54, 1.807) is 7.05 Å². The van der Waals surface area contributed by atoms with E-state index in [4.69, 9.17) is 0 Å². The molecule has 2 heterocycles. The van der Waals surface area contributed by atoms with Crippen molar-refractivity contribution in [1.29, 1.82) is 0 Å². The number of para-hydroxylation sites is 1. The van der Waals surface area contributed by atoms with Crippen LogP contribution in [0.4, 0.5) is 18.9 Å². The van der Waals surface area contributed by atoms with Crippen LogP contribution in [0.15, 0.2) is 35.7 Å². The van der Waals surface area contributed by atoms with Crippen molar-refractivity contribution in [3.05, 3.63) is 36.2 Å². The molecule has 0 N–H and O–H groups in total. The molecule has 1 amide bonds. The van der Waals surface area contributed by atoms with Crippen LogP contribution in [0.2, 0.25) is 0 Å². The lowest BCUT2D eigenvalue weighted by Gasteiger charge is -2.21. The number of halogens is 3. The van der Waals surface area contributed by atoms with Gasteiger partial charge in [-0.15, -0.1) is 0 Å². The Labute approximate surface area is 134 Å². The number of nitrogens with zero attached hydrogens (tertiary/aromatic N) is 4. The fraction of sp³-hybridized carbons (Fsp3) is 0.357. The van der Waals surface area contributed by atoms with Crippen molar-refractivity contribution < 1.29 is 18.0 Å². The minimum Gasteiger partial charge on any atom is -0.311 e. The summed E-state index contributed by atoms with van der Waals surface area (Å²) in [7, 11) is 1.70. The van der Waals surface area contributed by atoms with Crippen molar-refractivity contribution in [2.75, 3.05) is 11.4 Å². The monoisotopic (exact) mass is 342 g/mol. The molecular weight excluding hydrogens is 329 g/mol. The van der Waals surface area contributed by atoms with Crippen LogP contribution >= 0.6 is 11.8 Å². The number of aryl methyl sites for hydroxylation is 1. The number of thioether (sulfide) groups is 1. The summed E-state index contributed by atoms with van der Waals surface area (Å²) in [6, 6.07) is 5.14. The SMILES string of the molecule is Cn1ncnc1S[C@H]1CCN(c2ccccc2C(F)(F)F)C1=O. The average Bonchev–Trinajstić information content (AvgIpc) is 3.06. The van der Waals surface area contributed by atoms with Gasteiger partial charge in [-0.05, 0) is 18.6 Å². The number of rotatable bonds is 3. The molecule has 1 saturated heterocycles. The van der Waals surface area contributed by atoms with Gasteiger partial charge < -0.3 is 4.90 Å². The van der Waals surface area contributed by atoms with Crippen LogP contribution in [0.1, 0.15) is 12.0 Å². The number of aromatic nitrogens is 3. The lowest BCUT2D eigenvalue weighted by molar-refractivity contribution is -0.137. The highest BCUT2D eigenvalue weighted by molar-refractivity contribution is 8.00. The fourth-order valence-electron chi connectivity index (χ4n) is 2.47. The number of hydrogen-bond acceptors (Lipinski definition) is 4. The Balaban J connectivity index is 1.84. The first kappa shape index (κ1) is 15.9. The smallest absolute Gasteiger partial charge is 0.311 e. The maximum atomic E-state index is 13.1. The quantitative estimate of drug-likeness (QED) is 0.861. The van der Waals surface area contributed by atoms with Crippen molar-refractivity contribution in [3.63, 3.8) is 0 Å². The van der Waals surface area contributed by atoms with Crippen LogP contribution in [0.25, 0.3) is 0 Å². The third kappa shape index (κ3) is 3.05. The number of carbonyl (C=O) groups excluding carboxylic acids is 1. The highest BCUT2D eigenvalue weighted by Crippen LogP contribution is 2.39. The first-order valence-corrected chi connectivity index (χ1v) is 7.74. The molecule has 1 fully saturated rings. The zero-order valence-electron chi connectivity index (χ0n) is 12.1. The Morgan fingerprint density at radius 3 is 2.70 bits per heavy atom. The summed E-state index contributed by atoms with van der Waals surface area (Å²) in [5, 5.41) is 4.02. The number of benzene rings is 1. The first-order valence-electron chi connectivity index (χ1n) is 6.86. The summed E-state index contributed by atoms with van der Waals surface area (Å²) in [6.45, 7) is 0.251. The van der Waals surface area contributed by atoms with E-state index < -0.39 is 17.0 Å². The van der Waals surface area contributed by atoms with Crippen LogP contribution in [-0.4, -0.2) is 32.5 Å². The van der Waals surface area contributed by atoms with Crippen LogP contribution in [-0.2, 0) is 18.0 Å². The van der Waals surface area contributed by atoms with E-state index in [0.29, 0.717) is 11.6 Å². The van der Waals surface area contributed by atoms with Gasteiger partial charge in [0.15, 0.2) is 5.16 Å². The highest BCUT2D eigenvalue weighted by Gasteiger charge is 2.40. The molecule has 9 heteroatoms. The molecule has 0 aliphatic carbocycles. The predicted octanol–water partition coefficient (Wildman–Crippen LogP) is 2.73. The van der Waals surface area contributed by atoms with E-state index in [1.165, 1.54) is 45.9 Å². The molecular formula is C14H13F3N4OS. The van der Waals surface area contributed by atoms with Crippen molar-refractivity contribution in [2.45, 2.75) is 23.0 Å². The Morgan fingerprint density at radius 2 is 2.04 bits per heavy atom. The molecule has 1 aliphatic rings. The normalized spacial score (nSPS) is 18.7. The molecule has 3 rings (SSSR count). The molecule has 122 valence electrons. The van der Waals surface area contributed by atoms with Gasteiger partial charge in [0.05, 0.1) is 16.5 Å². The summed E-state index contributed by atoms with van der Waals surface area (Å²) < 4.78 is 40.9. The molecule has 0 unspecified atom stereocenters. The number of hydrogen-bond donors (Lipinski definition) is 0. The third-order valence-corrected chi connectivity index (χ3v) is 4.88. The maximum Gasteiger partial charge on any atom is 0.418 e. The molecule has 0 spiro atoms. The number of anilines is 1. The first-order chi connectivity index (χ1) is 10.9. The van der Waals surface area contributed by atoms with Gasteiger partial charge in [-0.1, -0.05) is 23.9 Å². The summed E-state index contributed by atoms with van der Waals surface area (Å²) in [5.41, 5.74) is -0.885. The van der Waals surface area contributed by atoms with Gasteiger partial charge in [0.25, 0.3) is 0 Å². The second kappa shape index (κ2) is 5.88. The number of carbonyl (C=O) groups is 1. The lowest BCUT2D eigenvalue weighted by atomic mass is 10.1. The van der Waals surface area contributed by atoms with Crippen LogP contribution in [0.3, 0.4) is 0 Å². The lowest BCUT2D eigenvalue weighted by Crippen LogP contribution is -2.30. The maximum absolute atomic E-state index is 13.1. The average molecular weight is 342 g/mol. The van der Waals surface area contributed by atoms with Gasteiger partial charge in [0.2, 0.25) is 5.91 Å². The minimum atomic E-state index is -4.49. The molecule has 1 aromatic heterocycles. The Kier molecular flexibility index (Phi) is 4.05. The van der Waals surface area contributed by atoms with Gasteiger partial charge >= 0.3 is 6.18 Å². The third-order valence-electron chi connectivity index (χ3n) is 3.57. The second-order valence-corrected chi connectivity index (χ2v) is 6.24. The summed E-state index contributed by atoms with van der Waals surface area (Å²) in [6.07, 6.45) is -2.66. The zero-order chi connectivity index (χ0) is 16.6. The second-order valence-electron chi connectivity index (χ2n) is 5.07. The van der Waals surface area contributed by atoms with Gasteiger partial charge in [-0.3, -0.25) is 4.79 Å². The standard InChI is InChI=1S/C14H13F3N4OS/c1-20-13(18-8-19-20)23-11-6-7-21(12(11)22)10-5-3-2-4-9(10)14(15,16)17/h2-5,8,11H,6-7H2,1H3/t11-/m0/s1. The van der Waals surface area contributed by atoms with E-state index in [-0.39, 0.29) is 18.1 Å². The topological polar surface area (TPSA) is 51.0 Å². The van der Waals surface area contributed by atoms with E-state index in [9.17, 15) is 18.0 Å². The van der Waals surface area contributed by atoms with Crippen molar-refractivity contribution in [3.8, 4) is 0 Å². The number of amides is 1. The van der Waals surface area contributed by atoms with E-state index in [2.05, 4.69) is 10.1 Å². The van der Waals surface area contributed by atoms with E-state index >= 15 is 0 Å². The van der Waals surface area contributed by atoms with Gasteiger partial charge in [-0.2, -0.15) is 18.3 Å². The molecule has 1 atom stereocenters. The van der Waals surface area contributed by atoms with Gasteiger partial charge in [0.1, 0.15) is 6.33 Å². The largest absolute Gasteiger partial charge is 0.418 e. The molecule has 2 aromatic rings. The summed E-state index contributed by atoms with van der Waals surface area (Å²) in [5.74, 6) is -0.338. The zero-order valence-corrected chi connectivity index (χ0v) is 12.9.